The van der Waals surface area contributed by atoms with Crippen molar-refractivity contribution in [2.75, 3.05) is 7.05 Å². The van der Waals surface area contributed by atoms with Crippen molar-refractivity contribution in [1.82, 2.24) is 5.32 Å². The number of hydrogen-bond donors (Lipinski definition) is 1. The third-order valence-electron chi connectivity index (χ3n) is 3.27. The lowest BCUT2D eigenvalue weighted by Crippen LogP contribution is -2.19. The van der Waals surface area contributed by atoms with Gasteiger partial charge in [0.1, 0.15) is 0 Å². The molecule has 2 aromatic carbocycles. The Hall–Kier alpha value is -0.830. The Morgan fingerprint density at radius 1 is 1.21 bits per heavy atom. The molecule has 0 saturated carbocycles. The first kappa shape index (κ1) is 14.6. The monoisotopic (exact) mass is 337 g/mol. The Morgan fingerprint density at radius 3 is 2.63 bits per heavy atom. The molecule has 2 rings (SSSR count). The number of nitrogens with one attached hydrogen (secondary N) is 1. The summed E-state index contributed by atoms with van der Waals surface area (Å²) in [4.78, 5) is 0. The smallest absolute Gasteiger partial charge is 0.0483 e. The van der Waals surface area contributed by atoms with Gasteiger partial charge in [-0.2, -0.15) is 0 Å². The van der Waals surface area contributed by atoms with Crippen LogP contribution in [0.1, 0.15) is 22.7 Å². The van der Waals surface area contributed by atoms with Gasteiger partial charge >= 0.3 is 0 Å². The zero-order chi connectivity index (χ0) is 13.8. The molecule has 19 heavy (non-hydrogen) atoms. The van der Waals surface area contributed by atoms with Crippen LogP contribution in [0.15, 0.2) is 46.9 Å². The van der Waals surface area contributed by atoms with E-state index in [9.17, 15) is 0 Å². The highest BCUT2D eigenvalue weighted by atomic mass is 79.9. The summed E-state index contributed by atoms with van der Waals surface area (Å²) in [5.74, 6) is 0. The number of benzene rings is 2. The molecule has 1 nitrogen and oxygen atoms in total. The van der Waals surface area contributed by atoms with Gasteiger partial charge < -0.3 is 5.32 Å². The lowest BCUT2D eigenvalue weighted by Gasteiger charge is -2.19. The highest BCUT2D eigenvalue weighted by Crippen LogP contribution is 2.28. The molecule has 0 saturated heterocycles. The van der Waals surface area contributed by atoms with E-state index in [0.717, 1.165) is 27.0 Å². The lowest BCUT2D eigenvalue weighted by atomic mass is 9.97. The molecular formula is C16H17BrClN. The van der Waals surface area contributed by atoms with Crippen LogP contribution in [0.25, 0.3) is 0 Å². The molecule has 0 aliphatic carbocycles. The highest BCUT2D eigenvalue weighted by Gasteiger charge is 2.14. The molecule has 1 N–H and O–H groups in total. The van der Waals surface area contributed by atoms with Crippen LogP contribution in [0.2, 0.25) is 5.02 Å². The van der Waals surface area contributed by atoms with E-state index in [0.29, 0.717) is 0 Å². The average molecular weight is 339 g/mol. The Kier molecular flexibility index (Phi) is 5.03. The molecule has 0 bridgehead atoms. The van der Waals surface area contributed by atoms with E-state index in [-0.39, 0.29) is 6.04 Å². The molecule has 2 aromatic rings. The fourth-order valence-electron chi connectivity index (χ4n) is 2.21. The van der Waals surface area contributed by atoms with Crippen molar-refractivity contribution in [3.8, 4) is 0 Å². The van der Waals surface area contributed by atoms with Gasteiger partial charge in [0.25, 0.3) is 0 Å². The summed E-state index contributed by atoms with van der Waals surface area (Å²) in [5, 5.41) is 4.21. The Bertz CT molecular complexity index is 568. The van der Waals surface area contributed by atoms with Crippen LogP contribution in [-0.4, -0.2) is 7.05 Å². The summed E-state index contributed by atoms with van der Waals surface area (Å²) < 4.78 is 1.11. The van der Waals surface area contributed by atoms with Gasteiger partial charge in [-0.05, 0) is 49.2 Å². The van der Waals surface area contributed by atoms with Gasteiger partial charge in [-0.1, -0.05) is 57.9 Å². The maximum atomic E-state index is 6.41. The van der Waals surface area contributed by atoms with E-state index in [1.54, 1.807) is 0 Å². The summed E-state index contributed by atoms with van der Waals surface area (Å²) in [6.45, 7) is 2.04. The molecule has 3 heteroatoms. The van der Waals surface area contributed by atoms with Crippen LogP contribution in [0, 0.1) is 6.92 Å². The second-order valence-electron chi connectivity index (χ2n) is 4.65. The molecule has 0 aliphatic rings. The fourth-order valence-corrected chi connectivity index (χ4v) is 2.91. The number of halogens is 2. The van der Waals surface area contributed by atoms with E-state index in [2.05, 4.69) is 51.6 Å². The minimum Gasteiger partial charge on any atom is -0.313 e. The minimum atomic E-state index is 0.224. The summed E-state index contributed by atoms with van der Waals surface area (Å²) in [6, 6.07) is 14.8. The standard InChI is InChI=1S/C16H17BrClN/c1-11-5-3-8-14(16(11)18)15(19-2)10-12-6-4-7-13(17)9-12/h3-9,15,19H,10H2,1-2H3. The largest absolute Gasteiger partial charge is 0.313 e. The van der Waals surface area contributed by atoms with Crippen LogP contribution >= 0.6 is 27.5 Å². The predicted octanol–water partition coefficient (Wildman–Crippen LogP) is 4.91. The molecule has 0 heterocycles. The van der Waals surface area contributed by atoms with Gasteiger partial charge in [0.05, 0.1) is 0 Å². The van der Waals surface area contributed by atoms with Crippen LogP contribution in [0.3, 0.4) is 0 Å². The minimum absolute atomic E-state index is 0.224. The lowest BCUT2D eigenvalue weighted by molar-refractivity contribution is 0.592. The van der Waals surface area contributed by atoms with E-state index in [1.165, 1.54) is 5.56 Å². The molecule has 0 aliphatic heterocycles. The van der Waals surface area contributed by atoms with Crippen molar-refractivity contribution in [3.63, 3.8) is 0 Å². The van der Waals surface area contributed by atoms with E-state index >= 15 is 0 Å². The third kappa shape index (κ3) is 3.59. The number of rotatable bonds is 4. The van der Waals surface area contributed by atoms with Crippen molar-refractivity contribution in [2.45, 2.75) is 19.4 Å². The van der Waals surface area contributed by atoms with Crippen LogP contribution < -0.4 is 5.32 Å². The molecule has 1 atom stereocenters. The fraction of sp³-hybridized carbons (Fsp3) is 0.250. The van der Waals surface area contributed by atoms with Crippen molar-refractivity contribution in [3.05, 3.63) is 68.7 Å². The van der Waals surface area contributed by atoms with Gasteiger partial charge in [0.15, 0.2) is 0 Å². The number of hydrogen-bond acceptors (Lipinski definition) is 1. The van der Waals surface area contributed by atoms with Crippen LogP contribution in [-0.2, 0) is 6.42 Å². The van der Waals surface area contributed by atoms with Crippen LogP contribution in [0.5, 0.6) is 0 Å². The topological polar surface area (TPSA) is 12.0 Å². The summed E-state index contributed by atoms with van der Waals surface area (Å²) in [5.41, 5.74) is 3.56. The van der Waals surface area contributed by atoms with Crippen molar-refractivity contribution in [1.29, 1.82) is 0 Å². The van der Waals surface area contributed by atoms with Gasteiger partial charge in [-0.25, -0.2) is 0 Å². The maximum absolute atomic E-state index is 6.41. The third-order valence-corrected chi connectivity index (χ3v) is 4.28. The molecule has 0 amide bonds. The second kappa shape index (κ2) is 6.56. The maximum Gasteiger partial charge on any atom is 0.0483 e. The Balaban J connectivity index is 2.28. The predicted molar refractivity (Wildman–Crippen MR) is 85.8 cm³/mol. The van der Waals surface area contributed by atoms with E-state index in [1.807, 2.05) is 26.1 Å². The Morgan fingerprint density at radius 2 is 1.95 bits per heavy atom. The second-order valence-corrected chi connectivity index (χ2v) is 5.95. The zero-order valence-corrected chi connectivity index (χ0v) is 13.4. The first-order valence-electron chi connectivity index (χ1n) is 6.28. The van der Waals surface area contributed by atoms with Gasteiger partial charge in [0.2, 0.25) is 0 Å². The SMILES string of the molecule is CNC(Cc1cccc(Br)c1)c1cccc(C)c1Cl. The van der Waals surface area contributed by atoms with Crippen molar-refractivity contribution in [2.24, 2.45) is 0 Å². The highest BCUT2D eigenvalue weighted by molar-refractivity contribution is 9.10. The van der Waals surface area contributed by atoms with Gasteiger partial charge in [0, 0.05) is 15.5 Å². The molecule has 0 spiro atoms. The zero-order valence-electron chi connectivity index (χ0n) is 11.1. The summed E-state index contributed by atoms with van der Waals surface area (Å²) >= 11 is 9.92. The number of aryl methyl sites for hydroxylation is 1. The summed E-state index contributed by atoms with van der Waals surface area (Å²) in [7, 11) is 1.97. The Labute approximate surface area is 128 Å². The first-order chi connectivity index (χ1) is 9.11. The normalized spacial score (nSPS) is 12.4. The number of likely N-dealkylation sites (N-methyl/N-ethyl adjacent to an activating group) is 1. The molecule has 0 aromatic heterocycles. The molecule has 1 unspecified atom stereocenters. The molecule has 0 fully saturated rings. The van der Waals surface area contributed by atoms with Gasteiger partial charge in [-0.3, -0.25) is 0 Å². The quantitative estimate of drug-likeness (QED) is 0.835. The average Bonchev–Trinajstić information content (AvgIpc) is 2.40. The molecular weight excluding hydrogens is 322 g/mol. The van der Waals surface area contributed by atoms with E-state index < -0.39 is 0 Å². The van der Waals surface area contributed by atoms with Crippen LogP contribution in [0.4, 0.5) is 0 Å². The van der Waals surface area contributed by atoms with Crippen molar-refractivity contribution < 1.29 is 0 Å². The van der Waals surface area contributed by atoms with Crippen molar-refractivity contribution >= 4 is 27.5 Å². The molecule has 0 radical (unpaired) electrons. The van der Waals surface area contributed by atoms with E-state index in [4.69, 9.17) is 11.6 Å². The van der Waals surface area contributed by atoms with Gasteiger partial charge in [-0.15, -0.1) is 0 Å². The summed E-state index contributed by atoms with van der Waals surface area (Å²) in [6.07, 6.45) is 0.916. The molecule has 100 valence electrons. The first-order valence-corrected chi connectivity index (χ1v) is 7.45.